The van der Waals surface area contributed by atoms with Crippen LogP contribution >= 0.6 is 0 Å². The summed E-state index contributed by atoms with van der Waals surface area (Å²) in [5.74, 6) is -0.365. The Labute approximate surface area is 94.7 Å². The highest BCUT2D eigenvalue weighted by molar-refractivity contribution is 5.91. The molecule has 0 aliphatic rings. The predicted octanol–water partition coefficient (Wildman–Crippen LogP) is 1.35. The van der Waals surface area contributed by atoms with Crippen LogP contribution in [0.1, 0.15) is 21.7 Å². The second-order valence-corrected chi connectivity index (χ2v) is 3.34. The highest BCUT2D eigenvalue weighted by atomic mass is 16.6. The maximum atomic E-state index is 11.7. The van der Waals surface area contributed by atoms with E-state index in [1.807, 2.05) is 6.92 Å². The van der Waals surface area contributed by atoms with E-state index in [-0.39, 0.29) is 12.6 Å². The molecular weight excluding hydrogens is 208 g/mol. The van der Waals surface area contributed by atoms with Gasteiger partial charge in [0.1, 0.15) is 18.8 Å². The summed E-state index contributed by atoms with van der Waals surface area (Å²) < 4.78 is 11.6. The van der Waals surface area contributed by atoms with Crippen LogP contribution in [0.3, 0.4) is 0 Å². The van der Waals surface area contributed by atoms with Gasteiger partial charge < -0.3 is 9.47 Å². The van der Waals surface area contributed by atoms with E-state index in [1.165, 1.54) is 6.26 Å². The molecule has 5 heteroatoms. The van der Waals surface area contributed by atoms with Crippen LogP contribution in [0.5, 0.6) is 0 Å². The smallest absolute Gasteiger partial charge is 0.342 e. The Kier molecular flexibility index (Phi) is 4.10. The number of aromatic nitrogens is 2. The summed E-state index contributed by atoms with van der Waals surface area (Å²) in [7, 11) is 1.79. The van der Waals surface area contributed by atoms with Crippen molar-refractivity contribution in [3.63, 3.8) is 0 Å². The highest BCUT2D eigenvalue weighted by Gasteiger charge is 2.18. The van der Waals surface area contributed by atoms with Gasteiger partial charge in [0.25, 0.3) is 0 Å². The molecule has 0 radical (unpaired) electrons. The molecule has 0 N–H and O–H groups in total. The largest absolute Gasteiger partial charge is 0.498 e. The van der Waals surface area contributed by atoms with E-state index >= 15 is 0 Å². The van der Waals surface area contributed by atoms with Gasteiger partial charge in [-0.1, -0.05) is 6.58 Å². The molecular formula is C11H16N2O3. The van der Waals surface area contributed by atoms with Gasteiger partial charge in [-0.05, 0) is 13.8 Å². The minimum absolute atomic E-state index is 0.207. The molecule has 0 aliphatic carbocycles. The second kappa shape index (κ2) is 5.34. The number of ether oxygens (including phenoxy) is 2. The molecule has 0 bridgehead atoms. The third-order valence-corrected chi connectivity index (χ3v) is 2.27. The van der Waals surface area contributed by atoms with Gasteiger partial charge in [-0.25, -0.2) is 4.79 Å². The van der Waals surface area contributed by atoms with E-state index in [1.54, 1.807) is 18.7 Å². The van der Waals surface area contributed by atoms with Crippen LogP contribution in [0.25, 0.3) is 0 Å². The molecule has 1 heterocycles. The van der Waals surface area contributed by atoms with Crippen molar-refractivity contribution in [2.75, 3.05) is 13.2 Å². The summed E-state index contributed by atoms with van der Waals surface area (Å²) in [6, 6.07) is 0. The SMILES string of the molecule is C=COCCOC(=O)c1c(C)nn(C)c1C. The van der Waals surface area contributed by atoms with Crippen molar-refractivity contribution in [2.24, 2.45) is 7.05 Å². The average Bonchev–Trinajstić information content (AvgIpc) is 2.48. The molecule has 0 unspecified atom stereocenters. The monoisotopic (exact) mass is 224 g/mol. The molecule has 0 atom stereocenters. The first kappa shape index (κ1) is 12.3. The van der Waals surface area contributed by atoms with E-state index in [4.69, 9.17) is 9.47 Å². The topological polar surface area (TPSA) is 53.4 Å². The molecule has 0 saturated carbocycles. The zero-order valence-electron chi connectivity index (χ0n) is 9.82. The number of carbonyl (C=O) groups is 1. The quantitative estimate of drug-likeness (QED) is 0.430. The van der Waals surface area contributed by atoms with Crippen LogP contribution in [0.2, 0.25) is 0 Å². The molecule has 88 valence electrons. The fourth-order valence-corrected chi connectivity index (χ4v) is 1.41. The molecule has 0 aliphatic heterocycles. The number of hydrogen-bond donors (Lipinski definition) is 0. The molecule has 0 spiro atoms. The van der Waals surface area contributed by atoms with Crippen molar-refractivity contribution in [3.05, 3.63) is 29.8 Å². The third kappa shape index (κ3) is 2.62. The molecule has 0 amide bonds. The Hall–Kier alpha value is -1.78. The zero-order valence-corrected chi connectivity index (χ0v) is 9.82. The third-order valence-electron chi connectivity index (χ3n) is 2.27. The van der Waals surface area contributed by atoms with E-state index in [2.05, 4.69) is 11.7 Å². The van der Waals surface area contributed by atoms with Gasteiger partial charge in [0.15, 0.2) is 0 Å². The van der Waals surface area contributed by atoms with Crippen molar-refractivity contribution < 1.29 is 14.3 Å². The van der Waals surface area contributed by atoms with Crippen molar-refractivity contribution in [1.82, 2.24) is 9.78 Å². The van der Waals surface area contributed by atoms with Crippen LogP contribution in [0.4, 0.5) is 0 Å². The molecule has 16 heavy (non-hydrogen) atoms. The van der Waals surface area contributed by atoms with Crippen LogP contribution in [-0.4, -0.2) is 29.0 Å². The van der Waals surface area contributed by atoms with Crippen molar-refractivity contribution in [1.29, 1.82) is 0 Å². The average molecular weight is 224 g/mol. The number of rotatable bonds is 5. The lowest BCUT2D eigenvalue weighted by Crippen LogP contribution is -2.11. The summed E-state index contributed by atoms with van der Waals surface area (Å²) >= 11 is 0. The Morgan fingerprint density at radius 2 is 2.19 bits per heavy atom. The Balaban J connectivity index is 2.62. The molecule has 1 rings (SSSR count). The molecule has 1 aromatic rings. The lowest BCUT2D eigenvalue weighted by molar-refractivity contribution is 0.0419. The first-order valence-electron chi connectivity index (χ1n) is 4.97. The van der Waals surface area contributed by atoms with Crippen molar-refractivity contribution in [2.45, 2.75) is 13.8 Å². The van der Waals surface area contributed by atoms with Crippen molar-refractivity contribution in [3.8, 4) is 0 Å². The van der Waals surface area contributed by atoms with Gasteiger partial charge in [0.2, 0.25) is 0 Å². The van der Waals surface area contributed by atoms with Crippen LogP contribution in [0, 0.1) is 13.8 Å². The number of aryl methyl sites for hydroxylation is 2. The van der Waals surface area contributed by atoms with Crippen LogP contribution in [-0.2, 0) is 16.5 Å². The van der Waals surface area contributed by atoms with E-state index in [0.29, 0.717) is 17.9 Å². The number of esters is 1. The zero-order chi connectivity index (χ0) is 12.1. The maximum absolute atomic E-state index is 11.7. The second-order valence-electron chi connectivity index (χ2n) is 3.34. The standard InChI is InChI=1S/C11H16N2O3/c1-5-15-6-7-16-11(14)10-8(2)12-13(4)9(10)3/h5H,1,6-7H2,2-4H3. The fourth-order valence-electron chi connectivity index (χ4n) is 1.41. The Morgan fingerprint density at radius 3 is 2.69 bits per heavy atom. The Bertz CT molecular complexity index is 396. The van der Waals surface area contributed by atoms with Crippen molar-refractivity contribution >= 4 is 5.97 Å². The summed E-state index contributed by atoms with van der Waals surface area (Å²) in [6.45, 7) is 7.52. The lowest BCUT2D eigenvalue weighted by Gasteiger charge is -2.04. The van der Waals surface area contributed by atoms with Gasteiger partial charge in [-0.2, -0.15) is 5.10 Å². The molecule has 0 fully saturated rings. The minimum Gasteiger partial charge on any atom is -0.498 e. The first-order chi connectivity index (χ1) is 7.57. The van der Waals surface area contributed by atoms with Crippen LogP contribution in [0.15, 0.2) is 12.8 Å². The molecule has 5 nitrogen and oxygen atoms in total. The number of nitrogens with zero attached hydrogens (tertiary/aromatic N) is 2. The predicted molar refractivity (Wildman–Crippen MR) is 59.1 cm³/mol. The normalized spacial score (nSPS) is 9.94. The number of carbonyl (C=O) groups excluding carboxylic acids is 1. The van der Waals surface area contributed by atoms with Crippen LogP contribution < -0.4 is 0 Å². The fraction of sp³-hybridized carbons (Fsp3) is 0.455. The molecule has 0 saturated heterocycles. The summed E-state index contributed by atoms with van der Waals surface area (Å²) in [5.41, 5.74) is 2.00. The van der Waals surface area contributed by atoms with E-state index in [9.17, 15) is 4.79 Å². The van der Waals surface area contributed by atoms with Gasteiger partial charge in [0, 0.05) is 12.7 Å². The highest BCUT2D eigenvalue weighted by Crippen LogP contribution is 2.12. The van der Waals surface area contributed by atoms with Gasteiger partial charge >= 0.3 is 5.97 Å². The number of hydrogen-bond acceptors (Lipinski definition) is 4. The Morgan fingerprint density at radius 1 is 1.50 bits per heavy atom. The van der Waals surface area contributed by atoms with Gasteiger partial charge in [0.05, 0.1) is 12.0 Å². The van der Waals surface area contributed by atoms with E-state index < -0.39 is 0 Å². The lowest BCUT2D eigenvalue weighted by atomic mass is 10.2. The van der Waals surface area contributed by atoms with Gasteiger partial charge in [-0.15, -0.1) is 0 Å². The van der Waals surface area contributed by atoms with Gasteiger partial charge in [-0.3, -0.25) is 4.68 Å². The summed E-state index contributed by atoms with van der Waals surface area (Å²) in [5, 5.41) is 4.14. The molecule has 0 aromatic carbocycles. The minimum atomic E-state index is -0.365. The maximum Gasteiger partial charge on any atom is 0.342 e. The summed E-state index contributed by atoms with van der Waals surface area (Å²) in [6.07, 6.45) is 1.31. The molecule has 1 aromatic heterocycles. The van der Waals surface area contributed by atoms with E-state index in [0.717, 1.165) is 5.69 Å². The summed E-state index contributed by atoms with van der Waals surface area (Å²) in [4.78, 5) is 11.7. The first-order valence-corrected chi connectivity index (χ1v) is 4.97.